The molecule has 2 heterocycles. The van der Waals surface area contributed by atoms with E-state index < -0.39 is 0 Å². The minimum absolute atomic E-state index is 0.00556. The van der Waals surface area contributed by atoms with Crippen molar-refractivity contribution < 1.29 is 19.0 Å². The van der Waals surface area contributed by atoms with Gasteiger partial charge in [-0.2, -0.15) is 0 Å². The zero-order chi connectivity index (χ0) is 15.9. The van der Waals surface area contributed by atoms with Crippen LogP contribution in [0.1, 0.15) is 25.3 Å². The summed E-state index contributed by atoms with van der Waals surface area (Å²) in [6.45, 7) is 5.75. The Morgan fingerprint density at radius 2 is 2.18 bits per heavy atom. The van der Waals surface area contributed by atoms with E-state index in [1.54, 1.807) is 6.07 Å². The summed E-state index contributed by atoms with van der Waals surface area (Å²) in [5, 5.41) is 9.69. The molecule has 3 rings (SSSR count). The highest BCUT2D eigenvalue weighted by molar-refractivity contribution is 5.79. The summed E-state index contributed by atoms with van der Waals surface area (Å²) >= 11 is 0. The van der Waals surface area contributed by atoms with Gasteiger partial charge in [-0.05, 0) is 17.7 Å². The molecule has 120 valence electrons. The first-order valence-electron chi connectivity index (χ1n) is 7.69. The lowest BCUT2D eigenvalue weighted by Crippen LogP contribution is -2.45. The van der Waals surface area contributed by atoms with Crippen molar-refractivity contribution in [2.75, 3.05) is 26.3 Å². The van der Waals surface area contributed by atoms with Crippen LogP contribution in [-0.4, -0.2) is 48.3 Å². The van der Waals surface area contributed by atoms with Crippen molar-refractivity contribution >= 4 is 5.97 Å². The fraction of sp³-hybridized carbons (Fsp3) is 0.588. The number of rotatable bonds is 3. The summed E-state index contributed by atoms with van der Waals surface area (Å²) in [6.07, 6.45) is 0. The van der Waals surface area contributed by atoms with E-state index in [4.69, 9.17) is 4.74 Å². The number of carbonyl (C=O) groups excluding carboxylic acids is 1. The normalized spacial score (nSPS) is 31.5. The van der Waals surface area contributed by atoms with Gasteiger partial charge < -0.3 is 9.84 Å². The average molecular weight is 307 g/mol. The number of hydrogen-bond donors (Lipinski definition) is 1. The van der Waals surface area contributed by atoms with Crippen molar-refractivity contribution in [3.05, 3.63) is 35.6 Å². The van der Waals surface area contributed by atoms with Gasteiger partial charge in [-0.3, -0.25) is 9.69 Å². The van der Waals surface area contributed by atoms with Crippen LogP contribution in [0.4, 0.5) is 4.39 Å². The van der Waals surface area contributed by atoms with E-state index in [0.29, 0.717) is 19.7 Å². The molecular weight excluding hydrogens is 285 g/mol. The molecule has 0 aromatic heterocycles. The summed E-state index contributed by atoms with van der Waals surface area (Å²) in [4.78, 5) is 14.2. The Hall–Kier alpha value is -1.46. The van der Waals surface area contributed by atoms with Crippen LogP contribution in [0.15, 0.2) is 24.3 Å². The first-order valence-corrected chi connectivity index (χ1v) is 7.69. The minimum atomic E-state index is -0.292. The molecule has 22 heavy (non-hydrogen) atoms. The van der Waals surface area contributed by atoms with E-state index in [0.717, 1.165) is 5.56 Å². The van der Waals surface area contributed by atoms with Gasteiger partial charge in [0, 0.05) is 36.9 Å². The fourth-order valence-electron chi connectivity index (χ4n) is 3.79. The number of likely N-dealkylation sites (tertiary alicyclic amines) is 1. The van der Waals surface area contributed by atoms with Gasteiger partial charge in [0.05, 0.1) is 6.61 Å². The summed E-state index contributed by atoms with van der Waals surface area (Å²) in [5.41, 5.74) is 0.638. The lowest BCUT2D eigenvalue weighted by Gasteiger charge is -2.30. The highest BCUT2D eigenvalue weighted by Gasteiger charge is 2.50. The second-order valence-electron chi connectivity index (χ2n) is 7.06. The third-order valence-corrected chi connectivity index (χ3v) is 4.90. The van der Waals surface area contributed by atoms with Gasteiger partial charge in [0.15, 0.2) is 0 Å². The van der Waals surface area contributed by atoms with Crippen molar-refractivity contribution in [1.29, 1.82) is 0 Å². The Balaban J connectivity index is 1.85. The van der Waals surface area contributed by atoms with Crippen molar-refractivity contribution in [3.63, 3.8) is 0 Å². The van der Waals surface area contributed by atoms with Gasteiger partial charge in [0.25, 0.3) is 0 Å². The molecule has 1 aromatic carbocycles. The second kappa shape index (κ2) is 5.63. The number of hydrogen-bond acceptors (Lipinski definition) is 4. The number of aliphatic hydroxyl groups is 1. The van der Waals surface area contributed by atoms with Crippen LogP contribution in [0, 0.1) is 17.2 Å². The molecule has 3 atom stereocenters. The summed E-state index contributed by atoms with van der Waals surface area (Å²) < 4.78 is 18.7. The van der Waals surface area contributed by atoms with Gasteiger partial charge in [0.2, 0.25) is 0 Å². The number of aliphatic hydroxyl groups excluding tert-OH is 1. The zero-order valence-electron chi connectivity index (χ0n) is 13.0. The molecule has 1 N–H and O–H groups in total. The molecule has 2 aliphatic rings. The smallest absolute Gasteiger partial charge is 0.324 e. The van der Waals surface area contributed by atoms with Gasteiger partial charge in [-0.25, -0.2) is 4.39 Å². The molecule has 0 spiro atoms. The van der Waals surface area contributed by atoms with E-state index in [1.807, 2.05) is 19.9 Å². The summed E-state index contributed by atoms with van der Waals surface area (Å²) in [5.74, 6) is -0.425. The molecular formula is C17H22FNO3. The molecule has 2 saturated heterocycles. The Kier molecular flexibility index (Phi) is 3.95. The van der Waals surface area contributed by atoms with Crippen molar-refractivity contribution in [1.82, 2.24) is 4.90 Å². The maximum absolute atomic E-state index is 13.5. The largest absolute Gasteiger partial charge is 0.464 e. The van der Waals surface area contributed by atoms with E-state index >= 15 is 0 Å². The molecule has 4 nitrogen and oxygen atoms in total. The van der Waals surface area contributed by atoms with Crippen LogP contribution >= 0.6 is 0 Å². The van der Waals surface area contributed by atoms with Crippen LogP contribution in [0.3, 0.4) is 0 Å². The molecule has 5 heteroatoms. The van der Waals surface area contributed by atoms with E-state index in [-0.39, 0.29) is 41.7 Å². The van der Waals surface area contributed by atoms with Gasteiger partial charge in [-0.15, -0.1) is 0 Å². The van der Waals surface area contributed by atoms with Crippen LogP contribution in [0.5, 0.6) is 0 Å². The Morgan fingerprint density at radius 1 is 1.41 bits per heavy atom. The van der Waals surface area contributed by atoms with Crippen LogP contribution in [0.25, 0.3) is 0 Å². The maximum Gasteiger partial charge on any atom is 0.324 e. The predicted molar refractivity (Wildman–Crippen MR) is 79.8 cm³/mol. The monoisotopic (exact) mass is 307 g/mol. The Morgan fingerprint density at radius 3 is 2.77 bits per heavy atom. The first-order chi connectivity index (χ1) is 10.4. The summed E-state index contributed by atoms with van der Waals surface area (Å²) in [6, 6.07) is 6.23. The number of ether oxygens (including phenoxy) is 1. The number of halogens is 1. The van der Waals surface area contributed by atoms with Gasteiger partial charge >= 0.3 is 5.97 Å². The SMILES string of the molecule is CC1(C)COC(=O)C1N1CC(CO)C(c2cccc(F)c2)C1. The average Bonchev–Trinajstić information content (AvgIpc) is 2.99. The minimum Gasteiger partial charge on any atom is -0.464 e. The maximum atomic E-state index is 13.5. The molecule has 2 fully saturated rings. The number of nitrogens with zero attached hydrogens (tertiary/aromatic N) is 1. The number of benzene rings is 1. The van der Waals surface area contributed by atoms with Crippen LogP contribution in [0.2, 0.25) is 0 Å². The second-order valence-corrected chi connectivity index (χ2v) is 7.06. The van der Waals surface area contributed by atoms with E-state index in [2.05, 4.69) is 4.90 Å². The molecule has 1 aromatic rings. The van der Waals surface area contributed by atoms with Gasteiger partial charge in [-0.1, -0.05) is 26.0 Å². The van der Waals surface area contributed by atoms with Crippen molar-refractivity contribution in [2.24, 2.45) is 11.3 Å². The zero-order valence-corrected chi connectivity index (χ0v) is 13.0. The highest BCUT2D eigenvalue weighted by atomic mass is 19.1. The topological polar surface area (TPSA) is 49.8 Å². The number of carbonyl (C=O) groups is 1. The summed E-state index contributed by atoms with van der Waals surface area (Å²) in [7, 11) is 0. The molecule has 0 amide bonds. The quantitative estimate of drug-likeness (QED) is 0.865. The van der Waals surface area contributed by atoms with E-state index in [9.17, 15) is 14.3 Å². The molecule has 0 saturated carbocycles. The predicted octanol–water partition coefficient (Wildman–Crippen LogP) is 1.78. The van der Waals surface area contributed by atoms with Crippen LogP contribution in [-0.2, 0) is 9.53 Å². The lowest BCUT2D eigenvalue weighted by atomic mass is 9.86. The fourth-order valence-corrected chi connectivity index (χ4v) is 3.79. The van der Waals surface area contributed by atoms with Gasteiger partial charge in [0.1, 0.15) is 11.9 Å². The molecule has 0 bridgehead atoms. The Labute approximate surface area is 129 Å². The molecule has 0 aliphatic carbocycles. The third-order valence-electron chi connectivity index (χ3n) is 4.90. The molecule has 2 aliphatic heterocycles. The Bertz CT molecular complexity index is 575. The lowest BCUT2D eigenvalue weighted by molar-refractivity contribution is -0.142. The third kappa shape index (κ3) is 2.63. The van der Waals surface area contributed by atoms with Crippen LogP contribution < -0.4 is 0 Å². The van der Waals surface area contributed by atoms with Crippen molar-refractivity contribution in [3.8, 4) is 0 Å². The molecule has 3 unspecified atom stereocenters. The highest BCUT2D eigenvalue weighted by Crippen LogP contribution is 2.40. The van der Waals surface area contributed by atoms with E-state index in [1.165, 1.54) is 12.1 Å². The number of esters is 1. The standard InChI is InChI=1S/C17H22FNO3/c1-17(2)10-22-16(21)15(17)19-7-12(9-20)14(8-19)11-4-3-5-13(18)6-11/h3-6,12,14-15,20H,7-10H2,1-2H3. The molecule has 0 radical (unpaired) electrons. The number of cyclic esters (lactones) is 1. The van der Waals surface area contributed by atoms with Crippen molar-refractivity contribution in [2.45, 2.75) is 25.8 Å². The first kappa shape index (κ1) is 15.4.